The lowest BCUT2D eigenvalue weighted by Gasteiger charge is -2.15. The van der Waals surface area contributed by atoms with E-state index in [-0.39, 0.29) is 5.75 Å². The second kappa shape index (κ2) is 5.95. The second-order valence-electron chi connectivity index (χ2n) is 3.79. The molecule has 1 atom stereocenters. The number of methoxy groups -OCH3 is 1. The Hall–Kier alpha value is -1.43. The lowest BCUT2D eigenvalue weighted by molar-refractivity contribution is -0.139. The molecule has 0 saturated heterocycles. The molecule has 0 aliphatic heterocycles. The Morgan fingerprint density at radius 3 is 2.50 bits per heavy atom. The van der Waals surface area contributed by atoms with Gasteiger partial charge < -0.3 is 14.6 Å². The molecular weight excluding hydrogens is 249 g/mol. The summed E-state index contributed by atoms with van der Waals surface area (Å²) in [5, 5.41) is 9.48. The van der Waals surface area contributed by atoms with Gasteiger partial charge in [0.1, 0.15) is 11.5 Å². The molecular formula is C12H15F3O3. The summed E-state index contributed by atoms with van der Waals surface area (Å²) in [6.07, 6.45) is -6.12. The van der Waals surface area contributed by atoms with Crippen LogP contribution in [0, 0.1) is 0 Å². The average molecular weight is 264 g/mol. The number of hydrogen-bond acceptors (Lipinski definition) is 3. The van der Waals surface area contributed by atoms with Crippen molar-refractivity contribution in [2.24, 2.45) is 0 Å². The minimum atomic E-state index is -4.26. The Morgan fingerprint density at radius 1 is 1.33 bits per heavy atom. The Kier molecular flexibility index (Phi) is 4.84. The van der Waals surface area contributed by atoms with E-state index in [0.29, 0.717) is 11.3 Å². The number of benzene rings is 1. The minimum Gasteiger partial charge on any atom is -0.497 e. The first-order valence-electron chi connectivity index (χ1n) is 5.39. The molecule has 0 amide bonds. The molecule has 0 radical (unpaired) electrons. The molecule has 6 heteroatoms. The van der Waals surface area contributed by atoms with Crippen molar-refractivity contribution in [2.45, 2.75) is 25.6 Å². The molecule has 0 spiro atoms. The lowest BCUT2D eigenvalue weighted by atomic mass is 10.1. The van der Waals surface area contributed by atoms with Crippen LogP contribution in [0.4, 0.5) is 13.2 Å². The van der Waals surface area contributed by atoms with Crippen LogP contribution in [-0.2, 0) is 0 Å². The van der Waals surface area contributed by atoms with E-state index < -0.39 is 25.3 Å². The highest BCUT2D eigenvalue weighted by Gasteiger charge is 2.27. The molecule has 3 nitrogen and oxygen atoms in total. The fraction of sp³-hybridized carbons (Fsp3) is 0.500. The first kappa shape index (κ1) is 14.6. The van der Waals surface area contributed by atoms with Gasteiger partial charge in [0, 0.05) is 11.6 Å². The van der Waals surface area contributed by atoms with Crippen LogP contribution in [0.3, 0.4) is 0 Å². The molecule has 0 fully saturated rings. The number of halogens is 3. The molecule has 0 aliphatic carbocycles. The maximum Gasteiger partial charge on any atom is 0.392 e. The lowest BCUT2D eigenvalue weighted by Crippen LogP contribution is -2.13. The van der Waals surface area contributed by atoms with Crippen molar-refractivity contribution < 1.29 is 27.8 Å². The highest BCUT2D eigenvalue weighted by Crippen LogP contribution is 2.30. The summed E-state index contributed by atoms with van der Waals surface area (Å²) in [6.45, 7) is 1.02. The summed E-state index contributed by atoms with van der Waals surface area (Å²) in [5.74, 6) is 0.662. The highest BCUT2D eigenvalue weighted by molar-refractivity contribution is 5.41. The van der Waals surface area contributed by atoms with Gasteiger partial charge in [-0.05, 0) is 19.1 Å². The third-order valence-corrected chi connectivity index (χ3v) is 2.31. The standard InChI is InChI=1S/C12H15F3O3/c1-8(16)10-4-3-9(17-2)7-11(10)18-6-5-12(13,14)15/h3-4,7-8,16H,5-6H2,1-2H3/t8-/m0/s1. The first-order valence-corrected chi connectivity index (χ1v) is 5.39. The molecule has 1 rings (SSSR count). The number of ether oxygens (including phenoxy) is 2. The van der Waals surface area contributed by atoms with E-state index in [1.807, 2.05) is 0 Å². The predicted octanol–water partition coefficient (Wildman–Crippen LogP) is 3.08. The zero-order valence-electron chi connectivity index (χ0n) is 10.1. The topological polar surface area (TPSA) is 38.7 Å². The van der Waals surface area contributed by atoms with Gasteiger partial charge in [-0.1, -0.05) is 0 Å². The van der Waals surface area contributed by atoms with Crippen molar-refractivity contribution in [3.8, 4) is 11.5 Å². The molecule has 18 heavy (non-hydrogen) atoms. The number of aliphatic hydroxyl groups is 1. The van der Waals surface area contributed by atoms with E-state index in [1.54, 1.807) is 12.1 Å². The van der Waals surface area contributed by atoms with Gasteiger partial charge in [0.2, 0.25) is 0 Å². The van der Waals surface area contributed by atoms with Gasteiger partial charge in [-0.3, -0.25) is 0 Å². The van der Waals surface area contributed by atoms with Crippen LogP contribution in [-0.4, -0.2) is 25.0 Å². The van der Waals surface area contributed by atoms with Gasteiger partial charge >= 0.3 is 6.18 Å². The molecule has 0 saturated carbocycles. The number of aliphatic hydroxyl groups excluding tert-OH is 1. The Labute approximate surface area is 103 Å². The van der Waals surface area contributed by atoms with Crippen molar-refractivity contribution in [1.82, 2.24) is 0 Å². The van der Waals surface area contributed by atoms with E-state index in [9.17, 15) is 18.3 Å². The van der Waals surface area contributed by atoms with Gasteiger partial charge in [-0.15, -0.1) is 0 Å². The largest absolute Gasteiger partial charge is 0.497 e. The van der Waals surface area contributed by atoms with E-state index in [1.165, 1.54) is 20.1 Å². The molecule has 102 valence electrons. The van der Waals surface area contributed by atoms with E-state index in [2.05, 4.69) is 0 Å². The van der Waals surface area contributed by atoms with Gasteiger partial charge in [0.15, 0.2) is 0 Å². The van der Waals surface area contributed by atoms with Crippen LogP contribution in [0.25, 0.3) is 0 Å². The van der Waals surface area contributed by atoms with Crippen LogP contribution >= 0.6 is 0 Å². The van der Waals surface area contributed by atoms with Crippen molar-refractivity contribution in [2.75, 3.05) is 13.7 Å². The first-order chi connectivity index (χ1) is 8.33. The van der Waals surface area contributed by atoms with Gasteiger partial charge in [-0.25, -0.2) is 0 Å². The molecule has 0 heterocycles. The molecule has 1 aromatic carbocycles. The second-order valence-corrected chi connectivity index (χ2v) is 3.79. The Balaban J connectivity index is 2.78. The summed E-state index contributed by atoms with van der Waals surface area (Å²) >= 11 is 0. The zero-order valence-corrected chi connectivity index (χ0v) is 10.1. The van der Waals surface area contributed by atoms with E-state index in [0.717, 1.165) is 0 Å². The summed E-state index contributed by atoms with van der Waals surface area (Å²) in [5.41, 5.74) is 0.429. The molecule has 0 aliphatic rings. The smallest absolute Gasteiger partial charge is 0.392 e. The SMILES string of the molecule is COc1ccc([C@H](C)O)c(OCCC(F)(F)F)c1. The predicted molar refractivity (Wildman–Crippen MR) is 59.8 cm³/mol. The molecule has 0 aromatic heterocycles. The van der Waals surface area contributed by atoms with Crippen LogP contribution < -0.4 is 9.47 Å². The third-order valence-electron chi connectivity index (χ3n) is 2.31. The summed E-state index contributed by atoms with van der Waals surface area (Å²) in [6, 6.07) is 4.63. The fourth-order valence-corrected chi connectivity index (χ4v) is 1.39. The van der Waals surface area contributed by atoms with Crippen molar-refractivity contribution in [3.63, 3.8) is 0 Å². The molecule has 0 unspecified atom stereocenters. The maximum absolute atomic E-state index is 12.0. The summed E-state index contributed by atoms with van der Waals surface area (Å²) in [7, 11) is 1.44. The highest BCUT2D eigenvalue weighted by atomic mass is 19.4. The van der Waals surface area contributed by atoms with Crippen LogP contribution in [0.1, 0.15) is 25.0 Å². The van der Waals surface area contributed by atoms with Crippen molar-refractivity contribution in [1.29, 1.82) is 0 Å². The number of rotatable bonds is 5. The normalized spacial score (nSPS) is 13.2. The van der Waals surface area contributed by atoms with Gasteiger partial charge in [0.25, 0.3) is 0 Å². The van der Waals surface area contributed by atoms with Gasteiger partial charge in [0.05, 0.1) is 26.2 Å². The molecule has 1 aromatic rings. The van der Waals surface area contributed by atoms with Crippen molar-refractivity contribution in [3.05, 3.63) is 23.8 Å². The fourth-order valence-electron chi connectivity index (χ4n) is 1.39. The van der Waals surface area contributed by atoms with E-state index >= 15 is 0 Å². The molecule has 1 N–H and O–H groups in total. The van der Waals surface area contributed by atoms with Gasteiger partial charge in [-0.2, -0.15) is 13.2 Å². The summed E-state index contributed by atoms with van der Waals surface area (Å²) < 4.78 is 46.0. The van der Waals surface area contributed by atoms with Crippen LogP contribution in [0.2, 0.25) is 0 Å². The molecule has 0 bridgehead atoms. The van der Waals surface area contributed by atoms with Crippen LogP contribution in [0.5, 0.6) is 11.5 Å². The third kappa shape index (κ3) is 4.44. The Morgan fingerprint density at radius 2 is 2.00 bits per heavy atom. The minimum absolute atomic E-state index is 0.202. The zero-order chi connectivity index (χ0) is 13.8. The maximum atomic E-state index is 12.0. The summed E-state index contributed by atoms with van der Waals surface area (Å²) in [4.78, 5) is 0. The number of alkyl halides is 3. The number of hydrogen-bond donors (Lipinski definition) is 1. The monoisotopic (exact) mass is 264 g/mol. The van der Waals surface area contributed by atoms with Crippen LogP contribution in [0.15, 0.2) is 18.2 Å². The van der Waals surface area contributed by atoms with Crippen molar-refractivity contribution >= 4 is 0 Å². The van der Waals surface area contributed by atoms with E-state index in [4.69, 9.17) is 9.47 Å². The Bertz CT molecular complexity index is 389. The average Bonchev–Trinajstić information content (AvgIpc) is 2.26. The quantitative estimate of drug-likeness (QED) is 0.888.